The van der Waals surface area contributed by atoms with Crippen LogP contribution in [0.3, 0.4) is 0 Å². The molecule has 0 N–H and O–H groups in total. The lowest BCUT2D eigenvalue weighted by molar-refractivity contribution is -0.140. The molecule has 33 heavy (non-hydrogen) atoms. The highest BCUT2D eigenvalue weighted by Gasteiger charge is 2.37. The van der Waals surface area contributed by atoms with Crippen molar-refractivity contribution in [3.63, 3.8) is 0 Å². The first-order valence-electron chi connectivity index (χ1n) is 10.7. The molecule has 2 fully saturated rings. The van der Waals surface area contributed by atoms with Gasteiger partial charge in [0.2, 0.25) is 5.91 Å². The lowest BCUT2D eigenvalue weighted by atomic mass is 10.1. The van der Waals surface area contributed by atoms with Gasteiger partial charge < -0.3 is 19.1 Å². The highest BCUT2D eigenvalue weighted by molar-refractivity contribution is 6.31. The van der Waals surface area contributed by atoms with Crippen LogP contribution in [0.5, 0.6) is 5.75 Å². The second-order valence-corrected chi connectivity index (χ2v) is 8.41. The summed E-state index contributed by atoms with van der Waals surface area (Å²) in [5, 5.41) is 0.451. The van der Waals surface area contributed by atoms with Gasteiger partial charge in [0.25, 0.3) is 0 Å². The predicted molar refractivity (Wildman–Crippen MR) is 121 cm³/mol. The van der Waals surface area contributed by atoms with Gasteiger partial charge in [-0.3, -0.25) is 14.5 Å². The normalized spacial score (nSPS) is 20.5. The van der Waals surface area contributed by atoms with Crippen LogP contribution in [0.2, 0.25) is 5.02 Å². The molecule has 2 saturated heterocycles. The quantitative estimate of drug-likeness (QED) is 0.574. The molecule has 2 aliphatic heterocycles. The molecule has 0 spiro atoms. The summed E-state index contributed by atoms with van der Waals surface area (Å²) in [5.41, 5.74) is 1.32. The highest BCUT2D eigenvalue weighted by Crippen LogP contribution is 2.28. The third-order valence-corrected chi connectivity index (χ3v) is 5.94. The summed E-state index contributed by atoms with van der Waals surface area (Å²) >= 11 is 5.98. The molecule has 2 aromatic carbocycles. The van der Waals surface area contributed by atoms with E-state index >= 15 is 0 Å². The standard InChI is InChI=1S/C24H25ClN2O6/c1-16(28)20-11-18(25)7-8-22(20)32-14-19-12-26(9-10-31-19)23(29)13-27-21(15-33-24(27)30)17-5-3-2-4-6-17/h2-8,11,19,21H,9-10,12-15H2,1H3. The van der Waals surface area contributed by atoms with Gasteiger partial charge in [-0.15, -0.1) is 0 Å². The largest absolute Gasteiger partial charge is 0.490 e. The number of carbonyl (C=O) groups excluding carboxylic acids is 3. The first kappa shape index (κ1) is 23.1. The van der Waals surface area contributed by atoms with Crippen molar-refractivity contribution in [2.45, 2.75) is 19.1 Å². The van der Waals surface area contributed by atoms with Crippen molar-refractivity contribution >= 4 is 29.4 Å². The number of Topliss-reactive ketones (excluding diaryl/α,β-unsaturated/α-hetero) is 1. The van der Waals surface area contributed by atoms with E-state index in [0.29, 0.717) is 36.0 Å². The predicted octanol–water partition coefficient (Wildman–Crippen LogP) is 3.34. The smallest absolute Gasteiger partial charge is 0.410 e. The number of hydrogen-bond donors (Lipinski definition) is 0. The van der Waals surface area contributed by atoms with Gasteiger partial charge >= 0.3 is 6.09 Å². The molecular formula is C24H25ClN2O6. The number of carbonyl (C=O) groups is 3. The van der Waals surface area contributed by atoms with E-state index in [1.807, 2.05) is 30.3 Å². The lowest BCUT2D eigenvalue weighted by Crippen LogP contribution is -2.50. The minimum Gasteiger partial charge on any atom is -0.490 e. The summed E-state index contributed by atoms with van der Waals surface area (Å²) in [6, 6.07) is 14.1. The molecule has 2 atom stereocenters. The van der Waals surface area contributed by atoms with E-state index in [2.05, 4.69) is 0 Å². The maximum atomic E-state index is 13.0. The van der Waals surface area contributed by atoms with Crippen molar-refractivity contribution in [3.8, 4) is 5.75 Å². The number of halogens is 1. The van der Waals surface area contributed by atoms with Gasteiger partial charge in [-0.25, -0.2) is 4.79 Å². The number of morpholine rings is 1. The molecule has 4 rings (SSSR count). The third-order valence-electron chi connectivity index (χ3n) is 5.70. The van der Waals surface area contributed by atoms with Crippen molar-refractivity contribution in [2.24, 2.45) is 0 Å². The second-order valence-electron chi connectivity index (χ2n) is 7.97. The molecule has 8 nitrogen and oxygen atoms in total. The SMILES string of the molecule is CC(=O)c1cc(Cl)ccc1OCC1CN(C(=O)CN2C(=O)OCC2c2ccccc2)CCO1. The summed E-state index contributed by atoms with van der Waals surface area (Å²) in [5.74, 6) is 0.0859. The number of hydrogen-bond acceptors (Lipinski definition) is 6. The molecular weight excluding hydrogens is 448 g/mol. The summed E-state index contributed by atoms with van der Waals surface area (Å²) in [4.78, 5) is 40.3. The van der Waals surface area contributed by atoms with Crippen molar-refractivity contribution in [1.29, 1.82) is 0 Å². The van der Waals surface area contributed by atoms with Gasteiger partial charge in [0, 0.05) is 11.6 Å². The fraction of sp³-hybridized carbons (Fsp3) is 0.375. The Morgan fingerprint density at radius 2 is 1.97 bits per heavy atom. The molecule has 2 unspecified atom stereocenters. The topological polar surface area (TPSA) is 85.4 Å². The van der Waals surface area contributed by atoms with Gasteiger partial charge in [0.1, 0.15) is 31.6 Å². The summed E-state index contributed by atoms with van der Waals surface area (Å²) in [6.45, 7) is 2.86. The van der Waals surface area contributed by atoms with Crippen LogP contribution >= 0.6 is 11.6 Å². The molecule has 0 aliphatic carbocycles. The Morgan fingerprint density at radius 1 is 1.18 bits per heavy atom. The van der Waals surface area contributed by atoms with Crippen LogP contribution in [0, 0.1) is 0 Å². The Morgan fingerprint density at radius 3 is 2.73 bits per heavy atom. The van der Waals surface area contributed by atoms with E-state index in [-0.39, 0.29) is 43.6 Å². The minimum absolute atomic E-state index is 0.0718. The maximum absolute atomic E-state index is 13.0. The molecule has 0 radical (unpaired) electrons. The van der Waals surface area contributed by atoms with Gasteiger partial charge in [-0.1, -0.05) is 41.9 Å². The molecule has 2 amide bonds. The number of amides is 2. The molecule has 9 heteroatoms. The van der Waals surface area contributed by atoms with Crippen LogP contribution in [0.1, 0.15) is 28.9 Å². The van der Waals surface area contributed by atoms with E-state index in [4.69, 9.17) is 25.8 Å². The van der Waals surface area contributed by atoms with Crippen LogP contribution in [0.4, 0.5) is 4.79 Å². The molecule has 2 aliphatic rings. The highest BCUT2D eigenvalue weighted by atomic mass is 35.5. The molecule has 2 aromatic rings. The zero-order valence-electron chi connectivity index (χ0n) is 18.2. The van der Waals surface area contributed by atoms with Crippen molar-refractivity contribution in [2.75, 3.05) is 39.5 Å². The van der Waals surface area contributed by atoms with Crippen LogP contribution < -0.4 is 4.74 Å². The fourth-order valence-electron chi connectivity index (χ4n) is 3.95. The number of nitrogens with zero attached hydrogens (tertiary/aromatic N) is 2. The van der Waals surface area contributed by atoms with Gasteiger partial charge in [-0.2, -0.15) is 0 Å². The zero-order valence-corrected chi connectivity index (χ0v) is 19.0. The summed E-state index contributed by atoms with van der Waals surface area (Å²) < 4.78 is 16.8. The molecule has 0 bridgehead atoms. The van der Waals surface area contributed by atoms with Crippen LogP contribution in [-0.4, -0.2) is 73.1 Å². The third kappa shape index (κ3) is 5.46. The Balaban J connectivity index is 1.36. The number of ether oxygens (including phenoxy) is 3. The number of rotatable bonds is 7. The number of cyclic esters (lactones) is 1. The fourth-order valence-corrected chi connectivity index (χ4v) is 4.13. The maximum Gasteiger partial charge on any atom is 0.410 e. The minimum atomic E-state index is -0.496. The monoisotopic (exact) mass is 472 g/mol. The van der Waals surface area contributed by atoms with E-state index < -0.39 is 6.09 Å². The number of benzene rings is 2. The van der Waals surface area contributed by atoms with Crippen molar-refractivity contribution < 1.29 is 28.6 Å². The van der Waals surface area contributed by atoms with Gasteiger partial charge in [0.05, 0.1) is 24.8 Å². The average molecular weight is 473 g/mol. The second kappa shape index (κ2) is 10.2. The molecule has 174 valence electrons. The Bertz CT molecular complexity index is 1030. The van der Waals surface area contributed by atoms with E-state index in [1.54, 1.807) is 23.1 Å². The van der Waals surface area contributed by atoms with Crippen LogP contribution in [0.15, 0.2) is 48.5 Å². The Kier molecular flexibility index (Phi) is 7.15. The van der Waals surface area contributed by atoms with Crippen molar-refractivity contribution in [3.05, 3.63) is 64.7 Å². The molecule has 0 aromatic heterocycles. The molecule has 0 saturated carbocycles. The van der Waals surface area contributed by atoms with E-state index in [0.717, 1.165) is 5.56 Å². The van der Waals surface area contributed by atoms with Gasteiger partial charge in [0.15, 0.2) is 5.78 Å². The van der Waals surface area contributed by atoms with Crippen LogP contribution in [0.25, 0.3) is 0 Å². The Labute approximate surface area is 197 Å². The average Bonchev–Trinajstić information content (AvgIpc) is 3.18. The van der Waals surface area contributed by atoms with Gasteiger partial charge in [-0.05, 0) is 30.7 Å². The summed E-state index contributed by atoms with van der Waals surface area (Å²) in [7, 11) is 0. The first-order chi connectivity index (χ1) is 15.9. The first-order valence-corrected chi connectivity index (χ1v) is 11.1. The van der Waals surface area contributed by atoms with Crippen molar-refractivity contribution in [1.82, 2.24) is 9.80 Å². The summed E-state index contributed by atoms with van der Waals surface area (Å²) in [6.07, 6.45) is -0.863. The molecule has 2 heterocycles. The van der Waals surface area contributed by atoms with Crippen LogP contribution in [-0.2, 0) is 14.3 Å². The Hall–Kier alpha value is -3.10. The van der Waals surface area contributed by atoms with E-state index in [9.17, 15) is 14.4 Å². The zero-order chi connectivity index (χ0) is 23.4. The lowest BCUT2D eigenvalue weighted by Gasteiger charge is -2.34. The van der Waals surface area contributed by atoms with E-state index in [1.165, 1.54) is 11.8 Å². The number of ketones is 1.